The molecule has 0 N–H and O–H groups in total. The van der Waals surface area contributed by atoms with Crippen molar-refractivity contribution in [3.8, 4) is 0 Å². The third kappa shape index (κ3) is 2.85. The van der Waals surface area contributed by atoms with Crippen molar-refractivity contribution < 1.29 is 4.79 Å². The Kier molecular flexibility index (Phi) is 4.25. The standard InChI is InChI=1S/C14H19ClN2O/c1-16(2)13-5-7-17(8-6-13)14-4-3-12(15)9-11(14)10-18/h3-4,9-10,13H,5-8H2,1-2H3. The van der Waals surface area contributed by atoms with Gasteiger partial charge in [-0.15, -0.1) is 0 Å². The molecule has 0 amide bonds. The van der Waals surface area contributed by atoms with Crippen molar-refractivity contribution in [2.24, 2.45) is 0 Å². The number of aldehydes is 1. The van der Waals surface area contributed by atoms with Crippen LogP contribution in [0, 0.1) is 0 Å². The molecule has 0 radical (unpaired) electrons. The molecule has 1 aliphatic heterocycles. The van der Waals surface area contributed by atoms with E-state index in [2.05, 4.69) is 23.9 Å². The second kappa shape index (κ2) is 5.72. The topological polar surface area (TPSA) is 23.6 Å². The summed E-state index contributed by atoms with van der Waals surface area (Å²) in [6, 6.07) is 6.18. The fourth-order valence-corrected chi connectivity index (χ4v) is 2.71. The van der Waals surface area contributed by atoms with Crippen LogP contribution in [0.5, 0.6) is 0 Å². The number of benzene rings is 1. The zero-order chi connectivity index (χ0) is 13.1. The van der Waals surface area contributed by atoms with Crippen molar-refractivity contribution in [3.05, 3.63) is 28.8 Å². The molecule has 1 saturated heterocycles. The zero-order valence-corrected chi connectivity index (χ0v) is 11.7. The van der Waals surface area contributed by atoms with Gasteiger partial charge in [0.25, 0.3) is 0 Å². The van der Waals surface area contributed by atoms with Crippen LogP contribution in [0.3, 0.4) is 0 Å². The summed E-state index contributed by atoms with van der Waals surface area (Å²) in [5.41, 5.74) is 1.69. The lowest BCUT2D eigenvalue weighted by atomic mass is 10.0. The molecule has 1 aromatic carbocycles. The fourth-order valence-electron chi connectivity index (χ4n) is 2.53. The summed E-state index contributed by atoms with van der Waals surface area (Å²) in [4.78, 5) is 15.7. The van der Waals surface area contributed by atoms with E-state index in [4.69, 9.17) is 11.6 Å². The van der Waals surface area contributed by atoms with Crippen molar-refractivity contribution >= 4 is 23.6 Å². The summed E-state index contributed by atoms with van der Waals surface area (Å²) < 4.78 is 0. The Hall–Kier alpha value is -1.06. The van der Waals surface area contributed by atoms with Gasteiger partial charge in [-0.05, 0) is 45.1 Å². The van der Waals surface area contributed by atoms with Crippen LogP contribution in [-0.4, -0.2) is 44.4 Å². The van der Waals surface area contributed by atoms with Gasteiger partial charge in [0.1, 0.15) is 0 Å². The van der Waals surface area contributed by atoms with Gasteiger partial charge >= 0.3 is 0 Å². The largest absolute Gasteiger partial charge is 0.371 e. The molecule has 1 fully saturated rings. The molecule has 0 atom stereocenters. The predicted octanol–water partition coefficient (Wildman–Crippen LogP) is 2.68. The number of anilines is 1. The summed E-state index contributed by atoms with van der Waals surface area (Å²) in [6.45, 7) is 1.98. The van der Waals surface area contributed by atoms with Gasteiger partial charge in [-0.25, -0.2) is 0 Å². The van der Waals surface area contributed by atoms with Crippen molar-refractivity contribution in [2.45, 2.75) is 18.9 Å². The van der Waals surface area contributed by atoms with Crippen LogP contribution < -0.4 is 4.90 Å². The first-order valence-corrected chi connectivity index (χ1v) is 6.65. The Labute approximate surface area is 113 Å². The zero-order valence-electron chi connectivity index (χ0n) is 10.9. The first-order valence-electron chi connectivity index (χ1n) is 6.28. The van der Waals surface area contributed by atoms with Gasteiger partial charge in [0, 0.05) is 35.4 Å². The molecule has 0 saturated carbocycles. The van der Waals surface area contributed by atoms with E-state index in [-0.39, 0.29) is 0 Å². The quantitative estimate of drug-likeness (QED) is 0.786. The second-order valence-corrected chi connectivity index (χ2v) is 5.44. The highest BCUT2D eigenvalue weighted by Gasteiger charge is 2.22. The maximum atomic E-state index is 11.1. The number of hydrogen-bond acceptors (Lipinski definition) is 3. The maximum absolute atomic E-state index is 11.1. The molecular formula is C14H19ClN2O. The molecule has 0 unspecified atom stereocenters. The first kappa shape index (κ1) is 13.4. The number of hydrogen-bond donors (Lipinski definition) is 0. The Morgan fingerprint density at radius 1 is 1.33 bits per heavy atom. The van der Waals surface area contributed by atoms with Crippen LogP contribution in [0.2, 0.25) is 5.02 Å². The summed E-state index contributed by atoms with van der Waals surface area (Å²) in [6.07, 6.45) is 3.15. The minimum Gasteiger partial charge on any atom is -0.371 e. The smallest absolute Gasteiger partial charge is 0.152 e. The molecule has 0 spiro atoms. The van der Waals surface area contributed by atoms with Crippen LogP contribution in [0.15, 0.2) is 18.2 Å². The van der Waals surface area contributed by atoms with Gasteiger partial charge in [-0.2, -0.15) is 0 Å². The Morgan fingerprint density at radius 3 is 2.56 bits per heavy atom. The normalized spacial score (nSPS) is 17.2. The van der Waals surface area contributed by atoms with Gasteiger partial charge in [0.05, 0.1) is 0 Å². The van der Waals surface area contributed by atoms with E-state index < -0.39 is 0 Å². The van der Waals surface area contributed by atoms with E-state index in [1.807, 2.05) is 12.1 Å². The van der Waals surface area contributed by atoms with Crippen molar-refractivity contribution in [3.63, 3.8) is 0 Å². The molecule has 2 rings (SSSR count). The number of rotatable bonds is 3. The highest BCUT2D eigenvalue weighted by atomic mass is 35.5. The van der Waals surface area contributed by atoms with Crippen LogP contribution in [-0.2, 0) is 0 Å². The average molecular weight is 267 g/mol. The van der Waals surface area contributed by atoms with Crippen LogP contribution >= 0.6 is 11.6 Å². The molecule has 3 nitrogen and oxygen atoms in total. The third-order valence-electron chi connectivity index (χ3n) is 3.65. The maximum Gasteiger partial charge on any atom is 0.152 e. The molecule has 4 heteroatoms. The Balaban J connectivity index is 2.12. The minimum atomic E-state index is 0.615. The fraction of sp³-hybridized carbons (Fsp3) is 0.500. The average Bonchev–Trinajstić information content (AvgIpc) is 2.38. The number of halogens is 1. The molecular weight excluding hydrogens is 248 g/mol. The number of carbonyl (C=O) groups is 1. The van der Waals surface area contributed by atoms with E-state index in [0.717, 1.165) is 37.9 Å². The molecule has 0 aromatic heterocycles. The van der Waals surface area contributed by atoms with E-state index in [9.17, 15) is 4.79 Å². The van der Waals surface area contributed by atoms with E-state index in [0.29, 0.717) is 16.6 Å². The van der Waals surface area contributed by atoms with Crippen molar-refractivity contribution in [2.75, 3.05) is 32.1 Å². The van der Waals surface area contributed by atoms with Crippen molar-refractivity contribution in [1.82, 2.24) is 4.90 Å². The Morgan fingerprint density at radius 2 is 2.00 bits per heavy atom. The highest BCUT2D eigenvalue weighted by molar-refractivity contribution is 6.31. The molecule has 1 aliphatic rings. The number of piperidine rings is 1. The lowest BCUT2D eigenvalue weighted by molar-refractivity contribution is 0.112. The Bertz CT molecular complexity index is 426. The van der Waals surface area contributed by atoms with Gasteiger partial charge in [0.15, 0.2) is 6.29 Å². The minimum absolute atomic E-state index is 0.615. The summed E-state index contributed by atoms with van der Waals surface area (Å²) in [7, 11) is 4.25. The molecule has 0 bridgehead atoms. The van der Waals surface area contributed by atoms with Gasteiger partial charge in [0.2, 0.25) is 0 Å². The van der Waals surface area contributed by atoms with Crippen LogP contribution in [0.4, 0.5) is 5.69 Å². The first-order chi connectivity index (χ1) is 8.61. The summed E-state index contributed by atoms with van der Waals surface area (Å²) in [5, 5.41) is 0.615. The van der Waals surface area contributed by atoms with Crippen LogP contribution in [0.1, 0.15) is 23.2 Å². The molecule has 18 heavy (non-hydrogen) atoms. The van der Waals surface area contributed by atoms with E-state index >= 15 is 0 Å². The SMILES string of the molecule is CN(C)C1CCN(c2ccc(Cl)cc2C=O)CC1. The van der Waals surface area contributed by atoms with Crippen molar-refractivity contribution in [1.29, 1.82) is 0 Å². The number of nitrogens with zero attached hydrogens (tertiary/aromatic N) is 2. The third-order valence-corrected chi connectivity index (χ3v) is 3.89. The lowest BCUT2D eigenvalue weighted by Gasteiger charge is -2.37. The molecule has 98 valence electrons. The second-order valence-electron chi connectivity index (χ2n) is 5.00. The van der Waals surface area contributed by atoms with E-state index in [1.54, 1.807) is 6.07 Å². The molecule has 0 aliphatic carbocycles. The van der Waals surface area contributed by atoms with Gasteiger partial charge < -0.3 is 9.80 Å². The lowest BCUT2D eigenvalue weighted by Crippen LogP contribution is -2.42. The highest BCUT2D eigenvalue weighted by Crippen LogP contribution is 2.26. The van der Waals surface area contributed by atoms with Gasteiger partial charge in [-0.3, -0.25) is 4.79 Å². The number of carbonyl (C=O) groups excluding carboxylic acids is 1. The molecule has 1 aromatic rings. The predicted molar refractivity (Wildman–Crippen MR) is 75.8 cm³/mol. The molecule has 1 heterocycles. The van der Waals surface area contributed by atoms with E-state index in [1.165, 1.54) is 0 Å². The summed E-state index contributed by atoms with van der Waals surface area (Å²) >= 11 is 5.92. The summed E-state index contributed by atoms with van der Waals surface area (Å²) in [5.74, 6) is 0. The van der Waals surface area contributed by atoms with Gasteiger partial charge in [-0.1, -0.05) is 11.6 Å². The van der Waals surface area contributed by atoms with Crippen LogP contribution in [0.25, 0.3) is 0 Å². The monoisotopic (exact) mass is 266 g/mol.